The number of amides is 2. The van der Waals surface area contributed by atoms with Crippen molar-refractivity contribution in [3.63, 3.8) is 0 Å². The topological polar surface area (TPSA) is 91.9 Å². The van der Waals surface area contributed by atoms with Crippen LogP contribution in [0, 0.1) is 0 Å². The van der Waals surface area contributed by atoms with Crippen LogP contribution in [0.15, 0.2) is 42.9 Å². The lowest BCUT2D eigenvalue weighted by Crippen LogP contribution is -2.20. The molecule has 0 saturated carbocycles. The summed E-state index contributed by atoms with van der Waals surface area (Å²) in [4.78, 5) is 23.2. The van der Waals surface area contributed by atoms with Gasteiger partial charge in [-0.15, -0.1) is 0 Å². The number of carbonyl (C=O) groups is 1. The summed E-state index contributed by atoms with van der Waals surface area (Å²) in [7, 11) is 1.58. The SMILES string of the molecule is COCc1cc(NC(=O)Nc2cccc3[nH]ccc23)ncn1. The highest BCUT2D eigenvalue weighted by Gasteiger charge is 2.07. The molecule has 0 radical (unpaired) electrons. The molecule has 0 aliphatic heterocycles. The van der Waals surface area contributed by atoms with Crippen LogP contribution in [0.4, 0.5) is 16.3 Å². The minimum Gasteiger partial charge on any atom is -0.378 e. The maximum Gasteiger partial charge on any atom is 0.324 e. The molecule has 3 aromatic rings. The molecule has 0 fully saturated rings. The summed E-state index contributed by atoms with van der Waals surface area (Å²) in [5.41, 5.74) is 2.38. The molecule has 0 bridgehead atoms. The Bertz CT molecular complexity index is 799. The molecule has 0 spiro atoms. The largest absolute Gasteiger partial charge is 0.378 e. The lowest BCUT2D eigenvalue weighted by Gasteiger charge is -2.08. The Morgan fingerprint density at radius 3 is 3.05 bits per heavy atom. The monoisotopic (exact) mass is 297 g/mol. The molecule has 2 heterocycles. The van der Waals surface area contributed by atoms with Crippen molar-refractivity contribution in [2.75, 3.05) is 17.7 Å². The Morgan fingerprint density at radius 1 is 1.27 bits per heavy atom. The number of hydrogen-bond donors (Lipinski definition) is 3. The number of rotatable bonds is 4. The van der Waals surface area contributed by atoms with Gasteiger partial charge in [0, 0.05) is 30.3 Å². The first-order chi connectivity index (χ1) is 10.8. The number of fused-ring (bicyclic) bond motifs is 1. The van der Waals surface area contributed by atoms with E-state index in [0.717, 1.165) is 16.6 Å². The molecule has 3 N–H and O–H groups in total. The average Bonchev–Trinajstić information content (AvgIpc) is 2.97. The van der Waals surface area contributed by atoms with Gasteiger partial charge in [0.2, 0.25) is 0 Å². The van der Waals surface area contributed by atoms with Gasteiger partial charge in [0.25, 0.3) is 0 Å². The molecule has 0 saturated heterocycles. The molecule has 2 aromatic heterocycles. The number of aromatic amines is 1. The van der Waals surface area contributed by atoms with E-state index in [9.17, 15) is 4.79 Å². The Morgan fingerprint density at radius 2 is 2.18 bits per heavy atom. The second-order valence-corrected chi connectivity index (χ2v) is 4.65. The van der Waals surface area contributed by atoms with Crippen molar-refractivity contribution in [3.8, 4) is 0 Å². The number of urea groups is 1. The number of nitrogens with one attached hydrogen (secondary N) is 3. The van der Waals surface area contributed by atoms with Crippen LogP contribution in [-0.4, -0.2) is 28.1 Å². The number of anilines is 2. The van der Waals surface area contributed by atoms with Gasteiger partial charge >= 0.3 is 6.03 Å². The van der Waals surface area contributed by atoms with Crippen LogP contribution in [-0.2, 0) is 11.3 Å². The van der Waals surface area contributed by atoms with Gasteiger partial charge < -0.3 is 15.0 Å². The summed E-state index contributed by atoms with van der Waals surface area (Å²) in [5, 5.41) is 6.43. The molecule has 112 valence electrons. The molecular weight excluding hydrogens is 282 g/mol. The normalized spacial score (nSPS) is 10.6. The highest BCUT2D eigenvalue weighted by molar-refractivity contribution is 6.05. The van der Waals surface area contributed by atoms with E-state index in [1.54, 1.807) is 13.2 Å². The summed E-state index contributed by atoms with van der Waals surface area (Å²) in [5.74, 6) is 0.417. The molecule has 3 rings (SSSR count). The number of methoxy groups -OCH3 is 1. The zero-order valence-corrected chi connectivity index (χ0v) is 12.0. The van der Waals surface area contributed by atoms with Crippen molar-refractivity contribution >= 4 is 28.4 Å². The van der Waals surface area contributed by atoms with E-state index in [1.807, 2.05) is 30.5 Å². The second kappa shape index (κ2) is 6.23. The third kappa shape index (κ3) is 3.04. The van der Waals surface area contributed by atoms with Crippen LogP contribution < -0.4 is 10.6 Å². The predicted molar refractivity (Wildman–Crippen MR) is 83.7 cm³/mol. The van der Waals surface area contributed by atoms with Gasteiger partial charge in [-0.2, -0.15) is 0 Å². The van der Waals surface area contributed by atoms with E-state index in [0.29, 0.717) is 18.1 Å². The molecule has 7 heteroatoms. The Kier molecular flexibility index (Phi) is 3.97. The van der Waals surface area contributed by atoms with Crippen molar-refractivity contribution in [1.82, 2.24) is 15.0 Å². The van der Waals surface area contributed by atoms with E-state index in [1.165, 1.54) is 6.33 Å². The number of ether oxygens (including phenoxy) is 1. The fraction of sp³-hybridized carbons (Fsp3) is 0.133. The Balaban J connectivity index is 1.72. The summed E-state index contributed by atoms with van der Waals surface area (Å²) in [6, 6.07) is 8.87. The third-order valence-corrected chi connectivity index (χ3v) is 3.10. The number of benzene rings is 1. The zero-order valence-electron chi connectivity index (χ0n) is 12.0. The van der Waals surface area contributed by atoms with Crippen molar-refractivity contribution in [2.24, 2.45) is 0 Å². The van der Waals surface area contributed by atoms with Gasteiger partial charge in [-0.25, -0.2) is 14.8 Å². The van der Waals surface area contributed by atoms with Crippen LogP contribution in [0.2, 0.25) is 0 Å². The molecule has 0 aliphatic carbocycles. The van der Waals surface area contributed by atoms with Crippen LogP contribution >= 0.6 is 0 Å². The number of aromatic nitrogens is 3. The van der Waals surface area contributed by atoms with Crippen LogP contribution in [0.5, 0.6) is 0 Å². The van der Waals surface area contributed by atoms with Gasteiger partial charge in [0.15, 0.2) is 0 Å². The maximum absolute atomic E-state index is 12.1. The molecule has 0 atom stereocenters. The van der Waals surface area contributed by atoms with E-state index < -0.39 is 0 Å². The molecular formula is C15H15N5O2. The van der Waals surface area contributed by atoms with Crippen LogP contribution in [0.25, 0.3) is 10.9 Å². The zero-order chi connectivity index (χ0) is 15.4. The summed E-state index contributed by atoms with van der Waals surface area (Å²) in [6.45, 7) is 0.363. The van der Waals surface area contributed by atoms with Gasteiger partial charge in [-0.1, -0.05) is 6.07 Å². The van der Waals surface area contributed by atoms with Gasteiger partial charge in [-0.05, 0) is 18.2 Å². The molecule has 2 amide bonds. The quantitative estimate of drug-likeness (QED) is 0.690. The summed E-state index contributed by atoms with van der Waals surface area (Å²) >= 11 is 0. The number of carbonyl (C=O) groups excluding carboxylic acids is 1. The van der Waals surface area contributed by atoms with Crippen molar-refractivity contribution in [2.45, 2.75) is 6.61 Å². The number of nitrogens with zero attached hydrogens (tertiary/aromatic N) is 2. The highest BCUT2D eigenvalue weighted by Crippen LogP contribution is 2.22. The van der Waals surface area contributed by atoms with Gasteiger partial charge in [0.05, 0.1) is 18.0 Å². The van der Waals surface area contributed by atoms with E-state index >= 15 is 0 Å². The maximum atomic E-state index is 12.1. The van der Waals surface area contributed by atoms with E-state index in [2.05, 4.69) is 25.6 Å². The first-order valence-corrected chi connectivity index (χ1v) is 6.70. The molecule has 0 aliphatic rings. The first kappa shape index (κ1) is 14.0. The van der Waals surface area contributed by atoms with E-state index in [-0.39, 0.29) is 6.03 Å². The second-order valence-electron chi connectivity index (χ2n) is 4.65. The molecule has 1 aromatic carbocycles. The van der Waals surface area contributed by atoms with Crippen molar-refractivity contribution in [1.29, 1.82) is 0 Å². The predicted octanol–water partition coefficient (Wildman–Crippen LogP) is 2.75. The van der Waals surface area contributed by atoms with E-state index in [4.69, 9.17) is 4.74 Å². The lowest BCUT2D eigenvalue weighted by molar-refractivity contribution is 0.181. The summed E-state index contributed by atoms with van der Waals surface area (Å²) in [6.07, 6.45) is 3.21. The number of hydrogen-bond acceptors (Lipinski definition) is 4. The Hall–Kier alpha value is -2.93. The van der Waals surface area contributed by atoms with Crippen LogP contribution in [0.3, 0.4) is 0 Å². The third-order valence-electron chi connectivity index (χ3n) is 3.10. The van der Waals surface area contributed by atoms with Gasteiger partial charge in [0.1, 0.15) is 12.1 Å². The lowest BCUT2D eigenvalue weighted by atomic mass is 10.2. The standard InChI is InChI=1S/C15H15N5O2/c1-22-8-10-7-14(18-9-17-10)20-15(21)19-13-4-2-3-12-11(13)5-6-16-12/h2-7,9,16H,8H2,1H3,(H2,17,18,19,20,21). The molecule has 22 heavy (non-hydrogen) atoms. The highest BCUT2D eigenvalue weighted by atomic mass is 16.5. The smallest absolute Gasteiger partial charge is 0.324 e. The molecule has 0 unspecified atom stereocenters. The summed E-state index contributed by atoms with van der Waals surface area (Å²) < 4.78 is 5.00. The van der Waals surface area contributed by atoms with Crippen molar-refractivity contribution < 1.29 is 9.53 Å². The minimum absolute atomic E-state index is 0.363. The fourth-order valence-corrected chi connectivity index (χ4v) is 2.16. The average molecular weight is 297 g/mol. The van der Waals surface area contributed by atoms with Crippen LogP contribution in [0.1, 0.15) is 5.69 Å². The first-order valence-electron chi connectivity index (χ1n) is 6.70. The molecule has 7 nitrogen and oxygen atoms in total. The Labute approximate surface area is 126 Å². The minimum atomic E-state index is -0.365. The number of H-pyrrole nitrogens is 1. The fourth-order valence-electron chi connectivity index (χ4n) is 2.16. The van der Waals surface area contributed by atoms with Crippen molar-refractivity contribution in [3.05, 3.63) is 48.5 Å². The van der Waals surface area contributed by atoms with Gasteiger partial charge in [-0.3, -0.25) is 5.32 Å².